The first-order valence-electron chi connectivity index (χ1n) is 12.4. The van der Waals surface area contributed by atoms with Gasteiger partial charge in [-0.25, -0.2) is 4.98 Å². The largest absolute Gasteiger partial charge is 0.419 e. The minimum absolute atomic E-state index is 0.00334. The first-order chi connectivity index (χ1) is 17.7. The molecule has 9 heteroatoms. The molecule has 192 valence electrons. The highest BCUT2D eigenvalue weighted by Crippen LogP contribution is 2.36. The van der Waals surface area contributed by atoms with Crippen LogP contribution in [0.4, 0.5) is 5.69 Å². The van der Waals surface area contributed by atoms with Gasteiger partial charge < -0.3 is 20.0 Å². The van der Waals surface area contributed by atoms with Crippen molar-refractivity contribution in [2.75, 3.05) is 25.5 Å². The van der Waals surface area contributed by atoms with Crippen molar-refractivity contribution < 1.29 is 9.21 Å². The van der Waals surface area contributed by atoms with Crippen molar-refractivity contribution >= 4 is 22.9 Å². The van der Waals surface area contributed by atoms with Crippen molar-refractivity contribution in [1.82, 2.24) is 20.1 Å². The highest BCUT2D eigenvalue weighted by Gasteiger charge is 2.33. The summed E-state index contributed by atoms with van der Waals surface area (Å²) in [7, 11) is 3.89. The van der Waals surface area contributed by atoms with E-state index < -0.39 is 5.54 Å². The van der Waals surface area contributed by atoms with Gasteiger partial charge >= 0.3 is 0 Å². The van der Waals surface area contributed by atoms with E-state index in [9.17, 15) is 4.79 Å². The maximum Gasteiger partial charge on any atom is 0.254 e. The highest BCUT2D eigenvalue weighted by molar-refractivity contribution is 7.09. The van der Waals surface area contributed by atoms with E-state index in [0.29, 0.717) is 35.9 Å². The van der Waals surface area contributed by atoms with Crippen LogP contribution >= 0.6 is 11.3 Å². The van der Waals surface area contributed by atoms with Gasteiger partial charge in [0.15, 0.2) is 0 Å². The normalized spacial score (nSPS) is 17.1. The molecule has 0 radical (unpaired) electrons. The summed E-state index contributed by atoms with van der Waals surface area (Å²) in [4.78, 5) is 22.3. The molecule has 1 saturated heterocycles. The summed E-state index contributed by atoms with van der Waals surface area (Å²) >= 11 is 1.62. The van der Waals surface area contributed by atoms with Crippen LogP contribution in [0.1, 0.15) is 58.3 Å². The Kier molecular flexibility index (Phi) is 6.83. The third-order valence-corrected chi connectivity index (χ3v) is 7.76. The van der Waals surface area contributed by atoms with Gasteiger partial charge in [-0.1, -0.05) is 30.3 Å². The fraction of sp³-hybridized carbons (Fsp3) is 0.357. The lowest BCUT2D eigenvalue weighted by atomic mass is 9.94. The summed E-state index contributed by atoms with van der Waals surface area (Å²) in [6.07, 6.45) is 2.44. The van der Waals surface area contributed by atoms with Crippen LogP contribution in [0.25, 0.3) is 11.5 Å². The second kappa shape index (κ2) is 10.1. The number of anilines is 1. The topological polar surface area (TPSA) is 101 Å². The molecule has 37 heavy (non-hydrogen) atoms. The van der Waals surface area contributed by atoms with Gasteiger partial charge in [0, 0.05) is 48.5 Å². The number of benzene rings is 2. The average molecular weight is 517 g/mol. The molecule has 0 spiro atoms. The number of thiazole rings is 1. The summed E-state index contributed by atoms with van der Waals surface area (Å²) in [6, 6.07) is 15.7. The molecule has 4 aromatic rings. The lowest BCUT2D eigenvalue weighted by Crippen LogP contribution is -2.35. The van der Waals surface area contributed by atoms with Crippen molar-refractivity contribution in [3.63, 3.8) is 0 Å². The van der Waals surface area contributed by atoms with Crippen molar-refractivity contribution in [2.24, 2.45) is 5.73 Å². The molecular weight excluding hydrogens is 484 g/mol. The molecule has 2 N–H and O–H groups in total. The first-order valence-corrected chi connectivity index (χ1v) is 13.3. The van der Waals surface area contributed by atoms with Crippen LogP contribution < -0.4 is 10.6 Å². The Bertz CT molecular complexity index is 1390. The fourth-order valence-electron chi connectivity index (χ4n) is 4.74. The number of nitrogens with two attached hydrogens (primary N) is 1. The monoisotopic (exact) mass is 516 g/mol. The number of likely N-dealkylation sites (tertiary alicyclic amines) is 1. The summed E-state index contributed by atoms with van der Waals surface area (Å²) < 4.78 is 6.10. The predicted molar refractivity (Wildman–Crippen MR) is 146 cm³/mol. The molecule has 0 aliphatic carbocycles. The lowest BCUT2D eigenvalue weighted by Gasteiger charge is -2.24. The minimum atomic E-state index is -0.834. The van der Waals surface area contributed by atoms with Crippen LogP contribution in [0.3, 0.4) is 0 Å². The zero-order chi connectivity index (χ0) is 26.2. The van der Waals surface area contributed by atoms with Gasteiger partial charge in [0.2, 0.25) is 11.8 Å². The van der Waals surface area contributed by atoms with E-state index in [1.54, 1.807) is 11.3 Å². The number of aromatic nitrogens is 3. The summed E-state index contributed by atoms with van der Waals surface area (Å²) in [5.41, 5.74) is 9.99. The van der Waals surface area contributed by atoms with E-state index in [-0.39, 0.29) is 11.9 Å². The predicted octanol–water partition coefficient (Wildman–Crippen LogP) is 4.96. The molecule has 0 unspecified atom stereocenters. The van der Waals surface area contributed by atoms with Gasteiger partial charge in [0.1, 0.15) is 5.01 Å². The highest BCUT2D eigenvalue weighted by atomic mass is 32.1. The molecule has 5 rings (SSSR count). The van der Waals surface area contributed by atoms with Crippen LogP contribution in [-0.4, -0.2) is 46.6 Å². The molecule has 2 aromatic carbocycles. The van der Waals surface area contributed by atoms with Crippen molar-refractivity contribution in [2.45, 2.75) is 44.7 Å². The number of carbonyl (C=O) groups is 1. The molecule has 1 aliphatic rings. The maximum atomic E-state index is 13.8. The third-order valence-electron chi connectivity index (χ3n) is 6.69. The SMILES string of the molecule is Cc1csc([C@H]2CCCN2C(=O)c2cc(-c3nnc([C@](C)(N)Cc4ccccc4)o3)cc(N(C)C)c2)n1. The fourth-order valence-corrected chi connectivity index (χ4v) is 5.68. The van der Waals surface area contributed by atoms with Gasteiger partial charge in [-0.15, -0.1) is 21.5 Å². The summed E-state index contributed by atoms with van der Waals surface area (Å²) in [6.45, 7) is 4.58. The van der Waals surface area contributed by atoms with Crippen LogP contribution in [-0.2, 0) is 12.0 Å². The molecule has 0 bridgehead atoms. The van der Waals surface area contributed by atoms with Gasteiger partial charge in [-0.3, -0.25) is 4.79 Å². The first kappa shape index (κ1) is 25.1. The lowest BCUT2D eigenvalue weighted by molar-refractivity contribution is 0.0735. The second-order valence-corrected chi connectivity index (χ2v) is 11.0. The number of carbonyl (C=O) groups excluding carboxylic acids is 1. The van der Waals surface area contributed by atoms with E-state index in [1.165, 1.54) is 0 Å². The Hall–Kier alpha value is -3.56. The van der Waals surface area contributed by atoms with E-state index in [4.69, 9.17) is 10.2 Å². The van der Waals surface area contributed by atoms with Gasteiger partial charge in [-0.2, -0.15) is 0 Å². The van der Waals surface area contributed by atoms with E-state index >= 15 is 0 Å². The zero-order valence-electron chi connectivity index (χ0n) is 21.6. The molecule has 2 atom stereocenters. The van der Waals surface area contributed by atoms with Crippen molar-refractivity contribution in [1.29, 1.82) is 0 Å². The van der Waals surface area contributed by atoms with E-state index in [0.717, 1.165) is 34.8 Å². The molecular formula is C28H32N6O2S. The van der Waals surface area contributed by atoms with Gasteiger partial charge in [0.25, 0.3) is 5.91 Å². The molecule has 8 nitrogen and oxygen atoms in total. The van der Waals surface area contributed by atoms with Crippen LogP contribution in [0.15, 0.2) is 58.3 Å². The molecule has 1 amide bonds. The third kappa shape index (κ3) is 5.28. The number of aryl methyl sites for hydroxylation is 1. The quantitative estimate of drug-likeness (QED) is 0.370. The molecule has 2 aromatic heterocycles. The second-order valence-electron chi connectivity index (χ2n) is 10.1. The number of hydrogen-bond donors (Lipinski definition) is 1. The Morgan fingerprint density at radius 2 is 2.00 bits per heavy atom. The molecule has 1 aliphatic heterocycles. The summed E-state index contributed by atoms with van der Waals surface area (Å²) in [5, 5.41) is 11.6. The van der Waals surface area contributed by atoms with Crippen molar-refractivity contribution in [3.8, 4) is 11.5 Å². The Morgan fingerprint density at radius 1 is 1.22 bits per heavy atom. The Labute approximate surface area is 221 Å². The number of amides is 1. The minimum Gasteiger partial charge on any atom is -0.419 e. The zero-order valence-corrected chi connectivity index (χ0v) is 22.5. The number of nitrogens with zero attached hydrogens (tertiary/aromatic N) is 5. The van der Waals surface area contributed by atoms with E-state index in [1.807, 2.05) is 91.7 Å². The van der Waals surface area contributed by atoms with E-state index in [2.05, 4.69) is 15.2 Å². The molecule has 0 saturated carbocycles. The standard InChI is InChI=1S/C28H32N6O2S/c1-18-17-37-25(30-18)23-11-8-12-34(23)26(35)21-13-20(14-22(15-21)33(3)4)24-31-32-27(36-24)28(2,29)16-19-9-6-5-7-10-19/h5-7,9-10,13-15,17,23H,8,11-12,16,29H2,1-4H3/t23-,28-/m1/s1. The Morgan fingerprint density at radius 3 is 2.70 bits per heavy atom. The Balaban J connectivity index is 1.45. The van der Waals surface area contributed by atoms with Crippen molar-refractivity contribution in [3.05, 3.63) is 81.6 Å². The van der Waals surface area contributed by atoms with Gasteiger partial charge in [-0.05, 0) is 56.9 Å². The van der Waals surface area contributed by atoms with Gasteiger partial charge in [0.05, 0.1) is 11.6 Å². The molecule has 1 fully saturated rings. The van der Waals surface area contributed by atoms with Crippen LogP contribution in [0.5, 0.6) is 0 Å². The summed E-state index contributed by atoms with van der Waals surface area (Å²) in [5.74, 6) is 0.673. The smallest absolute Gasteiger partial charge is 0.254 e. The maximum absolute atomic E-state index is 13.8. The van der Waals surface area contributed by atoms with Crippen LogP contribution in [0, 0.1) is 6.92 Å². The number of rotatable bonds is 7. The van der Waals surface area contributed by atoms with Crippen LogP contribution in [0.2, 0.25) is 0 Å². The number of hydrogen-bond acceptors (Lipinski definition) is 8. The molecule has 3 heterocycles. The average Bonchev–Trinajstić information content (AvgIpc) is 3.64.